The van der Waals surface area contributed by atoms with Crippen molar-refractivity contribution in [3.63, 3.8) is 0 Å². The molecule has 0 N–H and O–H groups in total. The van der Waals surface area contributed by atoms with E-state index in [0.29, 0.717) is 16.7 Å². The van der Waals surface area contributed by atoms with E-state index in [4.69, 9.17) is 0 Å². The molecule has 4 aromatic carbocycles. The fourth-order valence-electron chi connectivity index (χ4n) is 6.40. The molecular weight excluding hydrogens is 769 g/mol. The second kappa shape index (κ2) is 14.3. The largest absolute Gasteiger partial charge is 1.00 e. The number of hydrogen-bond donors (Lipinski definition) is 0. The number of benzene rings is 4. The maximum atomic E-state index is 13.5. The number of allylic oxidation sites excluding steroid dienone is 5. The van der Waals surface area contributed by atoms with Crippen molar-refractivity contribution in [1.82, 2.24) is 0 Å². The van der Waals surface area contributed by atoms with E-state index in [9.17, 15) is 26.3 Å². The monoisotopic (exact) mass is 802 g/mol. The molecule has 0 saturated carbocycles. The second-order valence-electron chi connectivity index (χ2n) is 14.6. The molecular formula is C41H36Cl2F6Zr. The van der Waals surface area contributed by atoms with Gasteiger partial charge in [0, 0.05) is 0 Å². The van der Waals surface area contributed by atoms with Crippen LogP contribution >= 0.6 is 0 Å². The Labute approximate surface area is 314 Å². The van der Waals surface area contributed by atoms with Crippen LogP contribution in [0.5, 0.6) is 0 Å². The number of alkyl halides is 6. The van der Waals surface area contributed by atoms with Crippen LogP contribution < -0.4 is 24.8 Å². The molecule has 9 heteroatoms. The summed E-state index contributed by atoms with van der Waals surface area (Å²) in [6, 6.07) is 23.4. The summed E-state index contributed by atoms with van der Waals surface area (Å²) in [6.45, 7) is 13.2. The van der Waals surface area contributed by atoms with Crippen molar-refractivity contribution in [1.29, 1.82) is 0 Å². The molecule has 0 fully saturated rings. The minimum absolute atomic E-state index is 0. The first-order valence-corrected chi connectivity index (χ1v) is 18.5. The second-order valence-corrected chi connectivity index (χ2v) is 18.0. The van der Waals surface area contributed by atoms with Crippen LogP contribution in [-0.4, -0.2) is 0 Å². The van der Waals surface area contributed by atoms with Gasteiger partial charge in [0.2, 0.25) is 0 Å². The SMILES string of the molecule is CC(C)(C)c1ccc2c(c1)[CH]([Zr+2][C]1=CC=CC1=C(c1ccc(C(F)(F)F)cc1)c1ccc(C(F)(F)F)cc1)c1cc(C(C)(C)C)ccc1-2.[Cl-].[Cl-]. The van der Waals surface area contributed by atoms with E-state index in [1.54, 1.807) is 0 Å². The summed E-state index contributed by atoms with van der Waals surface area (Å²) in [6.07, 6.45) is -3.01. The Balaban J connectivity index is 0.00000281. The summed E-state index contributed by atoms with van der Waals surface area (Å²) < 4.78 is 82.3. The Kier molecular flexibility index (Phi) is 11.4. The van der Waals surface area contributed by atoms with E-state index in [1.807, 2.05) is 12.2 Å². The van der Waals surface area contributed by atoms with Crippen LogP contribution in [0.1, 0.15) is 89.7 Å². The van der Waals surface area contributed by atoms with E-state index in [0.717, 1.165) is 33.1 Å². The van der Waals surface area contributed by atoms with Gasteiger partial charge in [0.15, 0.2) is 0 Å². The Hall–Kier alpha value is -2.86. The first-order chi connectivity index (χ1) is 22.3. The molecule has 0 nitrogen and oxygen atoms in total. The number of rotatable bonds is 4. The molecule has 0 amide bonds. The van der Waals surface area contributed by atoms with Gasteiger partial charge in [-0.3, -0.25) is 0 Å². The summed E-state index contributed by atoms with van der Waals surface area (Å²) >= 11 is -1.55. The van der Waals surface area contributed by atoms with E-state index >= 15 is 0 Å². The maximum absolute atomic E-state index is 13.5. The zero-order chi connectivity index (χ0) is 34.8. The van der Waals surface area contributed by atoms with Gasteiger partial charge in [0.1, 0.15) is 0 Å². The molecule has 4 aromatic rings. The van der Waals surface area contributed by atoms with Crippen molar-refractivity contribution in [3.05, 3.63) is 157 Å². The fourth-order valence-corrected chi connectivity index (χ4v) is 10.5. The molecule has 0 spiro atoms. The molecule has 2 aliphatic rings. The van der Waals surface area contributed by atoms with Gasteiger partial charge in [-0.2, -0.15) is 0 Å². The van der Waals surface area contributed by atoms with Crippen molar-refractivity contribution >= 4 is 5.57 Å². The van der Waals surface area contributed by atoms with Gasteiger partial charge in [-0.15, -0.1) is 0 Å². The Morgan fingerprint density at radius 1 is 0.540 bits per heavy atom. The predicted octanol–water partition coefficient (Wildman–Crippen LogP) is 6.44. The fraction of sp³-hybridized carbons (Fsp3) is 0.268. The Morgan fingerprint density at radius 2 is 0.920 bits per heavy atom. The zero-order valence-electron chi connectivity index (χ0n) is 28.4. The van der Waals surface area contributed by atoms with Gasteiger partial charge in [0.25, 0.3) is 0 Å². The van der Waals surface area contributed by atoms with Crippen LogP contribution in [0.25, 0.3) is 16.7 Å². The summed E-state index contributed by atoms with van der Waals surface area (Å²) in [7, 11) is 0. The first kappa shape index (κ1) is 39.9. The van der Waals surface area contributed by atoms with Crippen LogP contribution in [0.3, 0.4) is 0 Å². The van der Waals surface area contributed by atoms with Crippen LogP contribution in [0, 0.1) is 0 Å². The number of hydrogen-bond acceptors (Lipinski definition) is 0. The van der Waals surface area contributed by atoms with Gasteiger partial charge < -0.3 is 24.8 Å². The Bertz CT molecular complexity index is 1850. The van der Waals surface area contributed by atoms with Gasteiger partial charge in [-0.25, -0.2) is 0 Å². The summed E-state index contributed by atoms with van der Waals surface area (Å²) in [5.74, 6) is 0. The number of halogens is 8. The molecule has 0 unspecified atom stereocenters. The zero-order valence-corrected chi connectivity index (χ0v) is 32.4. The Morgan fingerprint density at radius 3 is 1.28 bits per heavy atom. The third-order valence-corrected chi connectivity index (χ3v) is 13.2. The molecule has 0 saturated heterocycles. The third kappa shape index (κ3) is 7.96. The molecule has 2 aliphatic carbocycles. The molecule has 0 atom stereocenters. The van der Waals surface area contributed by atoms with E-state index < -0.39 is 46.7 Å². The van der Waals surface area contributed by atoms with Crippen molar-refractivity contribution in [2.24, 2.45) is 0 Å². The maximum Gasteiger partial charge on any atom is -1.00 e. The van der Waals surface area contributed by atoms with E-state index in [1.165, 1.54) is 57.6 Å². The van der Waals surface area contributed by atoms with E-state index in [-0.39, 0.29) is 39.3 Å². The minimum Gasteiger partial charge on any atom is -1.00 e. The van der Waals surface area contributed by atoms with Crippen molar-refractivity contribution in [2.45, 2.75) is 68.4 Å². The molecule has 0 radical (unpaired) electrons. The van der Waals surface area contributed by atoms with Crippen LogP contribution in [0.15, 0.2) is 112 Å². The number of fused-ring (bicyclic) bond motifs is 3. The topological polar surface area (TPSA) is 0 Å². The average Bonchev–Trinajstić information content (AvgIpc) is 3.58. The first-order valence-electron chi connectivity index (χ1n) is 15.9. The smallest absolute Gasteiger partial charge is 1.00 e. The average molecular weight is 805 g/mol. The normalized spacial score (nSPS) is 14.3. The standard InChI is InChI=1S/C21H25.C20H11F6.2ClH.Zr/c1-20(2,3)16-7-9-18-14(12-16)11-15-13-17(21(4,5)6)8-10-19(15)18;21-19(22,23)16-9-5-14(6-10-16)18(13-3-1-2-4-13)15-7-11-17(12-8-15)20(24,25)26;;;/h7-13H,1-6H3;1-3,5-12H;2*1H;/q;;;;+2/p-2. The van der Waals surface area contributed by atoms with E-state index in [2.05, 4.69) is 84.0 Å². The van der Waals surface area contributed by atoms with Crippen LogP contribution in [0.4, 0.5) is 26.3 Å². The quantitative estimate of drug-likeness (QED) is 0.209. The summed E-state index contributed by atoms with van der Waals surface area (Å²) in [5, 5.41) is 0. The third-order valence-electron chi connectivity index (χ3n) is 9.13. The molecule has 50 heavy (non-hydrogen) atoms. The van der Waals surface area contributed by atoms with Gasteiger partial charge in [-0.05, 0) is 0 Å². The molecule has 0 bridgehead atoms. The van der Waals surface area contributed by atoms with Crippen molar-refractivity contribution in [3.8, 4) is 11.1 Å². The van der Waals surface area contributed by atoms with Gasteiger partial charge >= 0.3 is 291 Å². The summed E-state index contributed by atoms with van der Waals surface area (Å²) in [4.78, 5) is 0. The van der Waals surface area contributed by atoms with Crippen molar-refractivity contribution < 1.29 is 74.4 Å². The van der Waals surface area contributed by atoms with Crippen LogP contribution in [-0.2, 0) is 46.4 Å². The molecule has 0 aliphatic heterocycles. The molecule has 6 rings (SSSR count). The van der Waals surface area contributed by atoms with Gasteiger partial charge in [-0.1, -0.05) is 0 Å². The molecule has 260 valence electrons. The predicted molar refractivity (Wildman–Crippen MR) is 177 cm³/mol. The minimum atomic E-state index is -4.51. The summed E-state index contributed by atoms with van der Waals surface area (Å²) in [5.41, 5.74) is 8.43. The van der Waals surface area contributed by atoms with Crippen LogP contribution in [0.2, 0.25) is 0 Å². The molecule has 0 heterocycles. The molecule has 0 aromatic heterocycles. The van der Waals surface area contributed by atoms with Crippen molar-refractivity contribution in [2.75, 3.05) is 0 Å². The van der Waals surface area contributed by atoms with Gasteiger partial charge in [0.05, 0.1) is 0 Å².